The molecule has 0 amide bonds. The van der Waals surface area contributed by atoms with Gasteiger partial charge in [0.1, 0.15) is 11.6 Å². The van der Waals surface area contributed by atoms with Crippen LogP contribution < -0.4 is 11.3 Å². The Balaban J connectivity index is 2.51. The van der Waals surface area contributed by atoms with Crippen molar-refractivity contribution in [3.63, 3.8) is 0 Å². The van der Waals surface area contributed by atoms with E-state index in [9.17, 15) is 8.78 Å². The van der Waals surface area contributed by atoms with Crippen LogP contribution in [0.1, 0.15) is 28.3 Å². The maximum Gasteiger partial charge on any atom is 0.131 e. The van der Waals surface area contributed by atoms with Crippen molar-refractivity contribution < 1.29 is 8.78 Å². The number of halogens is 2. The average molecular weight is 263 g/mol. The maximum atomic E-state index is 13.9. The summed E-state index contributed by atoms with van der Waals surface area (Å²) in [5.74, 6) is 4.30. The van der Waals surface area contributed by atoms with Gasteiger partial charge in [-0.2, -0.15) is 0 Å². The average Bonchev–Trinajstić information content (AvgIpc) is 2.36. The summed E-state index contributed by atoms with van der Waals surface area (Å²) in [4.78, 5) is 4.06. The van der Waals surface area contributed by atoms with Gasteiger partial charge in [-0.3, -0.25) is 10.8 Å². The van der Waals surface area contributed by atoms with E-state index in [1.54, 1.807) is 19.3 Å². The van der Waals surface area contributed by atoms with E-state index in [1.807, 2.05) is 13.0 Å². The Bertz CT molecular complexity index is 599. The Kier molecular flexibility index (Phi) is 3.87. The standard InChI is InChI=1S/C14H15F2N3/c1-8-3-10(7-18-6-8)14(19-17)11-4-9(2)12(15)5-13(11)16/h3-7,14,19H,17H2,1-2H3. The number of aryl methyl sites for hydroxylation is 2. The zero-order valence-electron chi connectivity index (χ0n) is 10.7. The maximum absolute atomic E-state index is 13.9. The molecule has 0 bridgehead atoms. The molecule has 0 saturated heterocycles. The van der Waals surface area contributed by atoms with Crippen molar-refractivity contribution >= 4 is 0 Å². The third kappa shape index (κ3) is 2.77. The van der Waals surface area contributed by atoms with Gasteiger partial charge in [0.05, 0.1) is 6.04 Å². The molecule has 0 aliphatic heterocycles. The van der Waals surface area contributed by atoms with Gasteiger partial charge in [0, 0.05) is 24.0 Å². The first-order valence-electron chi connectivity index (χ1n) is 5.86. The molecule has 0 radical (unpaired) electrons. The summed E-state index contributed by atoms with van der Waals surface area (Å²) in [6.45, 7) is 3.47. The van der Waals surface area contributed by atoms with E-state index < -0.39 is 17.7 Å². The highest BCUT2D eigenvalue weighted by atomic mass is 19.1. The second-order valence-electron chi connectivity index (χ2n) is 4.52. The SMILES string of the molecule is Cc1cncc(C(NN)c2cc(C)c(F)cc2F)c1. The topological polar surface area (TPSA) is 50.9 Å². The first kappa shape index (κ1) is 13.6. The molecular weight excluding hydrogens is 248 g/mol. The van der Waals surface area contributed by atoms with Crippen molar-refractivity contribution in [1.29, 1.82) is 0 Å². The number of hydrazine groups is 1. The number of rotatable bonds is 3. The molecule has 0 saturated carbocycles. The molecule has 1 heterocycles. The zero-order valence-corrected chi connectivity index (χ0v) is 10.7. The van der Waals surface area contributed by atoms with Gasteiger partial charge in [-0.15, -0.1) is 0 Å². The lowest BCUT2D eigenvalue weighted by molar-refractivity contribution is 0.537. The van der Waals surface area contributed by atoms with Crippen LogP contribution in [0.4, 0.5) is 8.78 Å². The van der Waals surface area contributed by atoms with E-state index in [2.05, 4.69) is 10.4 Å². The summed E-state index contributed by atoms with van der Waals surface area (Å²) >= 11 is 0. The lowest BCUT2D eigenvalue weighted by Crippen LogP contribution is -2.29. The van der Waals surface area contributed by atoms with Crippen LogP contribution in [-0.4, -0.2) is 4.98 Å². The van der Waals surface area contributed by atoms with E-state index in [4.69, 9.17) is 5.84 Å². The van der Waals surface area contributed by atoms with Crippen LogP contribution in [0.2, 0.25) is 0 Å². The molecule has 3 nitrogen and oxygen atoms in total. The fourth-order valence-electron chi connectivity index (χ4n) is 2.00. The van der Waals surface area contributed by atoms with Gasteiger partial charge >= 0.3 is 0 Å². The molecule has 0 fully saturated rings. The third-order valence-corrected chi connectivity index (χ3v) is 2.99. The summed E-state index contributed by atoms with van der Waals surface area (Å²) in [7, 11) is 0. The Morgan fingerprint density at radius 2 is 1.84 bits per heavy atom. The number of pyridine rings is 1. The third-order valence-electron chi connectivity index (χ3n) is 2.99. The van der Waals surface area contributed by atoms with Crippen molar-refractivity contribution in [3.05, 3.63) is 64.5 Å². The molecule has 1 unspecified atom stereocenters. The normalized spacial score (nSPS) is 12.5. The fourth-order valence-corrected chi connectivity index (χ4v) is 2.00. The Labute approximate surface area is 110 Å². The number of nitrogens with one attached hydrogen (secondary N) is 1. The van der Waals surface area contributed by atoms with Crippen LogP contribution in [-0.2, 0) is 0 Å². The Morgan fingerprint density at radius 1 is 1.11 bits per heavy atom. The minimum Gasteiger partial charge on any atom is -0.271 e. The number of aromatic nitrogens is 1. The molecule has 2 aromatic rings. The van der Waals surface area contributed by atoms with E-state index >= 15 is 0 Å². The first-order chi connectivity index (χ1) is 9.02. The summed E-state index contributed by atoms with van der Waals surface area (Å²) in [6, 6.07) is 3.62. The highest BCUT2D eigenvalue weighted by Crippen LogP contribution is 2.26. The number of benzene rings is 1. The largest absolute Gasteiger partial charge is 0.271 e. The second-order valence-corrected chi connectivity index (χ2v) is 4.52. The van der Waals surface area contributed by atoms with Crippen LogP contribution in [0, 0.1) is 25.5 Å². The second kappa shape index (κ2) is 5.42. The van der Waals surface area contributed by atoms with Crippen LogP contribution >= 0.6 is 0 Å². The van der Waals surface area contributed by atoms with Crippen molar-refractivity contribution in [3.8, 4) is 0 Å². The summed E-state index contributed by atoms with van der Waals surface area (Å²) in [5.41, 5.74) is 4.89. The van der Waals surface area contributed by atoms with Crippen molar-refractivity contribution in [2.24, 2.45) is 5.84 Å². The molecule has 1 aromatic heterocycles. The lowest BCUT2D eigenvalue weighted by Gasteiger charge is -2.18. The summed E-state index contributed by atoms with van der Waals surface area (Å²) in [5, 5.41) is 0. The molecule has 0 aliphatic carbocycles. The van der Waals surface area contributed by atoms with Gasteiger partial charge in [0.25, 0.3) is 0 Å². The lowest BCUT2D eigenvalue weighted by atomic mass is 9.97. The van der Waals surface area contributed by atoms with Gasteiger partial charge < -0.3 is 0 Å². The highest BCUT2D eigenvalue weighted by molar-refractivity contribution is 5.35. The van der Waals surface area contributed by atoms with Gasteiger partial charge in [0.15, 0.2) is 0 Å². The summed E-state index contributed by atoms with van der Waals surface area (Å²) < 4.78 is 27.2. The minimum absolute atomic E-state index is 0.300. The molecule has 5 heteroatoms. The number of nitrogens with two attached hydrogens (primary N) is 1. The first-order valence-corrected chi connectivity index (χ1v) is 5.86. The van der Waals surface area contributed by atoms with Crippen LogP contribution in [0.15, 0.2) is 30.6 Å². The monoisotopic (exact) mass is 263 g/mol. The van der Waals surface area contributed by atoms with E-state index in [0.29, 0.717) is 11.1 Å². The van der Waals surface area contributed by atoms with Crippen molar-refractivity contribution in [2.75, 3.05) is 0 Å². The predicted molar refractivity (Wildman–Crippen MR) is 69.2 cm³/mol. The van der Waals surface area contributed by atoms with Gasteiger partial charge in [-0.1, -0.05) is 6.07 Å². The molecule has 19 heavy (non-hydrogen) atoms. The molecule has 2 rings (SSSR count). The smallest absolute Gasteiger partial charge is 0.131 e. The van der Waals surface area contributed by atoms with Gasteiger partial charge in [-0.25, -0.2) is 14.2 Å². The highest BCUT2D eigenvalue weighted by Gasteiger charge is 2.18. The van der Waals surface area contributed by atoms with Gasteiger partial charge in [0.2, 0.25) is 0 Å². The quantitative estimate of drug-likeness (QED) is 0.661. The van der Waals surface area contributed by atoms with E-state index in [0.717, 1.165) is 17.2 Å². The molecule has 0 spiro atoms. The minimum atomic E-state index is -0.632. The molecule has 0 aliphatic rings. The number of hydrogen-bond acceptors (Lipinski definition) is 3. The molecule has 3 N–H and O–H groups in total. The molecular formula is C14H15F2N3. The molecule has 1 aromatic carbocycles. The van der Waals surface area contributed by atoms with Gasteiger partial charge in [-0.05, 0) is 36.6 Å². The zero-order chi connectivity index (χ0) is 14.0. The van der Waals surface area contributed by atoms with Crippen LogP contribution in [0.5, 0.6) is 0 Å². The van der Waals surface area contributed by atoms with Crippen molar-refractivity contribution in [2.45, 2.75) is 19.9 Å². The van der Waals surface area contributed by atoms with E-state index in [1.165, 1.54) is 6.07 Å². The Morgan fingerprint density at radius 3 is 2.47 bits per heavy atom. The Hall–Kier alpha value is -1.85. The van der Waals surface area contributed by atoms with Crippen molar-refractivity contribution in [1.82, 2.24) is 10.4 Å². The summed E-state index contributed by atoms with van der Waals surface area (Å²) in [6.07, 6.45) is 3.30. The van der Waals surface area contributed by atoms with Crippen LogP contribution in [0.3, 0.4) is 0 Å². The molecule has 1 atom stereocenters. The van der Waals surface area contributed by atoms with E-state index in [-0.39, 0.29) is 0 Å². The van der Waals surface area contributed by atoms with Crippen LogP contribution in [0.25, 0.3) is 0 Å². The molecule has 100 valence electrons. The number of hydrogen-bond donors (Lipinski definition) is 2. The fraction of sp³-hybridized carbons (Fsp3) is 0.214. The predicted octanol–water partition coefficient (Wildman–Crippen LogP) is 2.53. The number of nitrogens with zero attached hydrogens (tertiary/aromatic N) is 1.